The molecule has 1 aliphatic heterocycles. The highest BCUT2D eigenvalue weighted by atomic mass is 16.3. The fourth-order valence-electron chi connectivity index (χ4n) is 3.13. The lowest BCUT2D eigenvalue weighted by atomic mass is 10.0. The zero-order chi connectivity index (χ0) is 16.5. The first kappa shape index (κ1) is 15.1. The molecule has 4 rings (SSSR count). The second-order valence-electron chi connectivity index (χ2n) is 6.26. The maximum atomic E-state index is 10.2. The molecule has 1 fully saturated rings. The van der Waals surface area contributed by atoms with Crippen LogP contribution in [0.3, 0.4) is 0 Å². The molecule has 2 atom stereocenters. The fourth-order valence-corrected chi connectivity index (χ4v) is 3.13. The molecule has 0 saturated carbocycles. The van der Waals surface area contributed by atoms with Gasteiger partial charge in [-0.3, -0.25) is 0 Å². The van der Waals surface area contributed by atoms with Crippen molar-refractivity contribution in [3.05, 3.63) is 48.2 Å². The van der Waals surface area contributed by atoms with Gasteiger partial charge < -0.3 is 15.7 Å². The van der Waals surface area contributed by atoms with E-state index >= 15 is 0 Å². The van der Waals surface area contributed by atoms with Crippen LogP contribution in [0.15, 0.2) is 42.5 Å². The van der Waals surface area contributed by atoms with Gasteiger partial charge >= 0.3 is 0 Å². The van der Waals surface area contributed by atoms with E-state index in [0.29, 0.717) is 0 Å². The number of hydrogen-bond donors (Lipinski definition) is 3. The van der Waals surface area contributed by atoms with Gasteiger partial charge in [-0.1, -0.05) is 30.3 Å². The second-order valence-corrected chi connectivity index (χ2v) is 6.26. The normalized spacial score (nSPS) is 21.1. The van der Waals surface area contributed by atoms with Gasteiger partial charge in [0.25, 0.3) is 0 Å². The van der Waals surface area contributed by atoms with E-state index in [4.69, 9.17) is 4.98 Å². The molecule has 0 amide bonds. The molecule has 6 heteroatoms. The van der Waals surface area contributed by atoms with E-state index < -0.39 is 0 Å². The topological polar surface area (TPSA) is 74.5 Å². The Balaban J connectivity index is 1.77. The summed E-state index contributed by atoms with van der Waals surface area (Å²) in [6, 6.07) is 14.0. The summed E-state index contributed by atoms with van der Waals surface area (Å²) in [5.41, 5.74) is 3.67. The predicted molar refractivity (Wildman–Crippen MR) is 94.1 cm³/mol. The van der Waals surface area contributed by atoms with Crippen molar-refractivity contribution in [1.82, 2.24) is 19.9 Å². The predicted octanol–water partition coefficient (Wildman–Crippen LogP) is 1.84. The molecule has 3 aromatic rings. The van der Waals surface area contributed by atoms with Crippen molar-refractivity contribution in [2.75, 3.05) is 18.4 Å². The number of nitrogens with one attached hydrogen (secondary N) is 2. The van der Waals surface area contributed by atoms with Crippen molar-refractivity contribution in [3.63, 3.8) is 0 Å². The summed E-state index contributed by atoms with van der Waals surface area (Å²) in [5, 5.41) is 21.5. The lowest BCUT2D eigenvalue weighted by Gasteiger charge is -2.30. The molecule has 1 aromatic carbocycles. The van der Waals surface area contributed by atoms with Gasteiger partial charge in [0.15, 0.2) is 5.65 Å². The van der Waals surface area contributed by atoms with Gasteiger partial charge in [0.1, 0.15) is 5.82 Å². The van der Waals surface area contributed by atoms with Crippen LogP contribution in [0.5, 0.6) is 0 Å². The summed E-state index contributed by atoms with van der Waals surface area (Å²) < 4.78 is 1.81. The number of aliphatic hydroxyl groups excluding tert-OH is 1. The minimum atomic E-state index is -0.369. The zero-order valence-corrected chi connectivity index (χ0v) is 13.6. The molecule has 3 N–H and O–H groups in total. The van der Waals surface area contributed by atoms with E-state index in [0.717, 1.165) is 47.9 Å². The quantitative estimate of drug-likeness (QED) is 0.686. The molecule has 0 radical (unpaired) electrons. The largest absolute Gasteiger partial charge is 0.391 e. The van der Waals surface area contributed by atoms with Gasteiger partial charge in [-0.2, -0.15) is 9.61 Å². The van der Waals surface area contributed by atoms with E-state index in [-0.39, 0.29) is 12.1 Å². The number of fused-ring (bicyclic) bond motifs is 1. The van der Waals surface area contributed by atoms with Crippen LogP contribution < -0.4 is 10.6 Å². The number of anilines is 1. The second kappa shape index (κ2) is 6.22. The summed E-state index contributed by atoms with van der Waals surface area (Å²) >= 11 is 0. The van der Waals surface area contributed by atoms with Crippen molar-refractivity contribution >= 4 is 11.5 Å². The Hall–Kier alpha value is -2.44. The highest BCUT2D eigenvalue weighted by Gasteiger charge is 2.23. The average Bonchev–Trinajstić information content (AvgIpc) is 2.98. The van der Waals surface area contributed by atoms with E-state index in [2.05, 4.69) is 15.7 Å². The Bertz CT molecular complexity index is 845. The van der Waals surface area contributed by atoms with E-state index in [1.165, 1.54) is 0 Å². The lowest BCUT2D eigenvalue weighted by Crippen LogP contribution is -2.48. The van der Waals surface area contributed by atoms with Crippen molar-refractivity contribution < 1.29 is 5.11 Å². The fraction of sp³-hybridized carbons (Fsp3) is 0.333. The van der Waals surface area contributed by atoms with Gasteiger partial charge in [0.05, 0.1) is 23.5 Å². The number of hydrogen-bond acceptors (Lipinski definition) is 5. The first-order valence-corrected chi connectivity index (χ1v) is 8.29. The standard InChI is InChI=1S/C18H21N5O/c1-12-9-17-20-14(13-5-3-2-4-6-13)10-18(23(17)22-12)21-15-11-19-8-7-16(15)24/h2-6,9-10,15-16,19,21,24H,7-8,11H2,1H3/t15-,16-/m1/s1. The molecule has 1 aliphatic rings. The van der Waals surface area contributed by atoms with Crippen LogP contribution >= 0.6 is 0 Å². The minimum absolute atomic E-state index is 0.0440. The molecule has 0 bridgehead atoms. The molecular formula is C18H21N5O. The number of aliphatic hydroxyl groups is 1. The summed E-state index contributed by atoms with van der Waals surface area (Å²) in [5.74, 6) is 0.847. The molecule has 3 heterocycles. The van der Waals surface area contributed by atoms with E-state index in [1.807, 2.05) is 53.9 Å². The minimum Gasteiger partial charge on any atom is -0.391 e. The summed E-state index contributed by atoms with van der Waals surface area (Å²) in [6.45, 7) is 3.53. The SMILES string of the molecule is Cc1cc2nc(-c3ccccc3)cc(N[C@@H]3CNCC[C@H]3O)n2n1. The van der Waals surface area contributed by atoms with Crippen molar-refractivity contribution in [1.29, 1.82) is 0 Å². The van der Waals surface area contributed by atoms with Gasteiger partial charge in [0.2, 0.25) is 0 Å². The molecule has 0 spiro atoms. The van der Waals surface area contributed by atoms with Gasteiger partial charge in [0, 0.05) is 24.2 Å². The Morgan fingerprint density at radius 2 is 2.08 bits per heavy atom. The van der Waals surface area contributed by atoms with Crippen LogP contribution in [0.25, 0.3) is 16.9 Å². The van der Waals surface area contributed by atoms with Crippen molar-refractivity contribution in [3.8, 4) is 11.3 Å². The highest BCUT2D eigenvalue weighted by molar-refractivity contribution is 5.66. The third-order valence-electron chi connectivity index (χ3n) is 4.40. The molecule has 0 unspecified atom stereocenters. The van der Waals surface area contributed by atoms with Gasteiger partial charge in [-0.25, -0.2) is 4.98 Å². The number of rotatable bonds is 3. The number of aromatic nitrogens is 3. The van der Waals surface area contributed by atoms with Crippen LogP contribution in [0, 0.1) is 6.92 Å². The Labute approximate surface area is 140 Å². The number of aryl methyl sites for hydroxylation is 1. The lowest BCUT2D eigenvalue weighted by molar-refractivity contribution is 0.124. The first-order chi connectivity index (χ1) is 11.7. The van der Waals surface area contributed by atoms with Gasteiger partial charge in [-0.05, 0) is 19.9 Å². The van der Waals surface area contributed by atoms with Crippen LogP contribution in [-0.4, -0.2) is 44.9 Å². The first-order valence-electron chi connectivity index (χ1n) is 8.29. The number of piperidine rings is 1. The maximum absolute atomic E-state index is 10.2. The molecule has 6 nitrogen and oxygen atoms in total. The third-order valence-corrected chi connectivity index (χ3v) is 4.40. The monoisotopic (exact) mass is 323 g/mol. The smallest absolute Gasteiger partial charge is 0.158 e. The summed E-state index contributed by atoms with van der Waals surface area (Å²) in [6.07, 6.45) is 0.376. The third kappa shape index (κ3) is 2.86. The average molecular weight is 323 g/mol. The number of nitrogens with zero attached hydrogens (tertiary/aromatic N) is 3. The Morgan fingerprint density at radius 3 is 2.88 bits per heavy atom. The van der Waals surface area contributed by atoms with Crippen LogP contribution in [0.4, 0.5) is 5.82 Å². The molecule has 1 saturated heterocycles. The van der Waals surface area contributed by atoms with Crippen LogP contribution in [0.2, 0.25) is 0 Å². The summed E-state index contributed by atoms with van der Waals surface area (Å²) in [7, 11) is 0. The Morgan fingerprint density at radius 1 is 1.25 bits per heavy atom. The van der Waals surface area contributed by atoms with Crippen molar-refractivity contribution in [2.24, 2.45) is 0 Å². The van der Waals surface area contributed by atoms with Crippen LogP contribution in [0.1, 0.15) is 12.1 Å². The highest BCUT2D eigenvalue weighted by Crippen LogP contribution is 2.23. The van der Waals surface area contributed by atoms with E-state index in [9.17, 15) is 5.11 Å². The maximum Gasteiger partial charge on any atom is 0.158 e. The van der Waals surface area contributed by atoms with E-state index in [1.54, 1.807) is 0 Å². The van der Waals surface area contributed by atoms with Gasteiger partial charge in [-0.15, -0.1) is 0 Å². The number of benzene rings is 1. The molecular weight excluding hydrogens is 302 g/mol. The molecule has 2 aromatic heterocycles. The van der Waals surface area contributed by atoms with Crippen molar-refractivity contribution in [2.45, 2.75) is 25.5 Å². The summed E-state index contributed by atoms with van der Waals surface area (Å²) in [4.78, 5) is 4.72. The zero-order valence-electron chi connectivity index (χ0n) is 13.6. The Kier molecular flexibility index (Phi) is 3.92. The molecule has 124 valence electrons. The molecule has 24 heavy (non-hydrogen) atoms. The van der Waals surface area contributed by atoms with Crippen LogP contribution in [-0.2, 0) is 0 Å². The molecule has 0 aliphatic carbocycles.